The van der Waals surface area contributed by atoms with Gasteiger partial charge in [0.1, 0.15) is 6.61 Å². The van der Waals surface area contributed by atoms with Crippen LogP contribution in [0.1, 0.15) is 21.5 Å². The zero-order valence-electron chi connectivity index (χ0n) is 13.2. The fraction of sp³-hybridized carbons (Fsp3) is 0.0952. The molecule has 0 radical (unpaired) electrons. The predicted octanol–water partition coefficient (Wildman–Crippen LogP) is 4.20. The number of esters is 1. The molecule has 3 aromatic rings. The van der Waals surface area contributed by atoms with Crippen LogP contribution >= 0.6 is 0 Å². The van der Waals surface area contributed by atoms with Gasteiger partial charge in [-0.3, -0.25) is 0 Å². The lowest BCUT2D eigenvalue weighted by Gasteiger charge is -2.07. The smallest absolute Gasteiger partial charge is 0.338 e. The summed E-state index contributed by atoms with van der Waals surface area (Å²) in [6.07, 6.45) is 0. The molecule has 0 spiro atoms. The molecule has 0 unspecified atom stereocenters. The largest absolute Gasteiger partial charge is 0.457 e. The Balaban J connectivity index is 1.63. The van der Waals surface area contributed by atoms with Crippen molar-refractivity contribution in [3.05, 3.63) is 95.6 Å². The Morgan fingerprint density at radius 1 is 0.792 bits per heavy atom. The van der Waals surface area contributed by atoms with Gasteiger partial charge in [0, 0.05) is 0 Å². The number of carbonyl (C=O) groups is 1. The predicted molar refractivity (Wildman–Crippen MR) is 93.4 cm³/mol. The Kier molecular flexibility index (Phi) is 5.04. The average Bonchev–Trinajstić information content (AvgIpc) is 2.67. The minimum absolute atomic E-state index is 0.0952. The van der Waals surface area contributed by atoms with Gasteiger partial charge in [-0.05, 0) is 34.4 Å². The minimum atomic E-state index is -0.391. The number of aliphatic hydroxyl groups is 1. The quantitative estimate of drug-likeness (QED) is 0.717. The van der Waals surface area contributed by atoms with Crippen molar-refractivity contribution in [2.24, 2.45) is 0 Å². The molecule has 0 bridgehead atoms. The molecule has 0 saturated carbocycles. The lowest BCUT2D eigenvalue weighted by Crippen LogP contribution is -2.05. The van der Waals surface area contributed by atoms with Gasteiger partial charge in [-0.25, -0.2) is 4.79 Å². The van der Waals surface area contributed by atoms with Crippen molar-refractivity contribution in [3.63, 3.8) is 0 Å². The molecule has 0 aliphatic carbocycles. The fourth-order valence-electron chi connectivity index (χ4n) is 2.45. The van der Waals surface area contributed by atoms with E-state index < -0.39 is 5.97 Å². The molecule has 0 atom stereocenters. The van der Waals surface area contributed by atoms with Crippen molar-refractivity contribution in [3.8, 4) is 11.1 Å². The second-order valence-electron chi connectivity index (χ2n) is 5.50. The molecule has 0 saturated heterocycles. The summed E-state index contributed by atoms with van der Waals surface area (Å²) in [6.45, 7) is 0.124. The van der Waals surface area contributed by atoms with Crippen LogP contribution in [0.4, 0.5) is 0 Å². The first kappa shape index (κ1) is 16.0. The molecule has 3 aromatic carbocycles. The van der Waals surface area contributed by atoms with Gasteiger partial charge in [-0.1, -0.05) is 66.7 Å². The summed E-state index contributed by atoms with van der Waals surface area (Å²) in [6, 6.07) is 24.9. The third-order valence-corrected chi connectivity index (χ3v) is 3.78. The van der Waals surface area contributed by atoms with Gasteiger partial charge in [-0.2, -0.15) is 0 Å². The fourth-order valence-corrected chi connectivity index (χ4v) is 2.45. The van der Waals surface area contributed by atoms with E-state index in [0.29, 0.717) is 11.1 Å². The van der Waals surface area contributed by atoms with Crippen LogP contribution in [0.5, 0.6) is 0 Å². The van der Waals surface area contributed by atoms with Crippen molar-refractivity contribution in [1.29, 1.82) is 0 Å². The van der Waals surface area contributed by atoms with Crippen LogP contribution in [-0.2, 0) is 18.0 Å². The van der Waals surface area contributed by atoms with Crippen molar-refractivity contribution in [2.45, 2.75) is 13.2 Å². The van der Waals surface area contributed by atoms with E-state index in [0.717, 1.165) is 16.7 Å². The third kappa shape index (κ3) is 3.89. The topological polar surface area (TPSA) is 46.5 Å². The summed E-state index contributed by atoms with van der Waals surface area (Å²) < 4.78 is 5.34. The maximum absolute atomic E-state index is 12.1. The SMILES string of the molecule is O=C(OCc1ccc(-c2ccccc2)cc1)c1cccc(CO)c1. The van der Waals surface area contributed by atoms with Gasteiger partial charge < -0.3 is 9.84 Å². The van der Waals surface area contributed by atoms with Crippen molar-refractivity contribution < 1.29 is 14.6 Å². The van der Waals surface area contributed by atoms with Gasteiger partial charge in [0.15, 0.2) is 0 Å². The third-order valence-electron chi connectivity index (χ3n) is 3.78. The number of ether oxygens (including phenoxy) is 1. The number of carbonyl (C=O) groups excluding carboxylic acids is 1. The van der Waals surface area contributed by atoms with Gasteiger partial charge in [0.05, 0.1) is 12.2 Å². The van der Waals surface area contributed by atoms with Gasteiger partial charge >= 0.3 is 5.97 Å². The van der Waals surface area contributed by atoms with E-state index in [-0.39, 0.29) is 13.2 Å². The first-order valence-corrected chi connectivity index (χ1v) is 7.77. The van der Waals surface area contributed by atoms with E-state index in [1.165, 1.54) is 0 Å². The van der Waals surface area contributed by atoms with Gasteiger partial charge in [0.25, 0.3) is 0 Å². The summed E-state index contributed by atoms with van der Waals surface area (Å²) >= 11 is 0. The highest BCUT2D eigenvalue weighted by atomic mass is 16.5. The maximum atomic E-state index is 12.1. The number of hydrogen-bond donors (Lipinski definition) is 1. The van der Waals surface area contributed by atoms with Gasteiger partial charge in [0.2, 0.25) is 0 Å². The second-order valence-corrected chi connectivity index (χ2v) is 5.50. The van der Waals surface area contributed by atoms with Gasteiger partial charge in [-0.15, -0.1) is 0 Å². The molecule has 0 fully saturated rings. The Hall–Kier alpha value is -2.91. The number of rotatable bonds is 5. The molecule has 0 aliphatic rings. The molecule has 0 aliphatic heterocycles. The van der Waals surface area contributed by atoms with Crippen LogP contribution in [-0.4, -0.2) is 11.1 Å². The second kappa shape index (κ2) is 7.57. The molecular weight excluding hydrogens is 300 g/mol. The van der Waals surface area contributed by atoms with Crippen molar-refractivity contribution in [2.75, 3.05) is 0 Å². The Bertz CT molecular complexity index is 808. The average molecular weight is 318 g/mol. The van der Waals surface area contributed by atoms with Crippen LogP contribution in [0.3, 0.4) is 0 Å². The standard InChI is InChI=1S/C21H18O3/c22-14-17-5-4-8-20(13-17)21(23)24-15-16-9-11-19(12-10-16)18-6-2-1-3-7-18/h1-13,22H,14-15H2. The first-order chi connectivity index (χ1) is 11.8. The molecular formula is C21H18O3. The van der Waals surface area contributed by atoms with Crippen molar-refractivity contribution >= 4 is 5.97 Å². The van der Waals surface area contributed by atoms with Crippen LogP contribution in [0.2, 0.25) is 0 Å². The highest BCUT2D eigenvalue weighted by Crippen LogP contribution is 2.19. The Morgan fingerprint density at radius 3 is 2.21 bits per heavy atom. The molecule has 24 heavy (non-hydrogen) atoms. The Morgan fingerprint density at radius 2 is 1.50 bits per heavy atom. The first-order valence-electron chi connectivity index (χ1n) is 7.77. The molecule has 120 valence electrons. The van der Waals surface area contributed by atoms with Crippen LogP contribution in [0, 0.1) is 0 Å². The summed E-state index contributed by atoms with van der Waals surface area (Å²) in [5.41, 5.74) is 4.35. The van der Waals surface area contributed by atoms with E-state index in [1.54, 1.807) is 24.3 Å². The summed E-state index contributed by atoms with van der Waals surface area (Å²) in [5, 5.41) is 9.12. The highest BCUT2D eigenvalue weighted by Gasteiger charge is 2.08. The van der Waals surface area contributed by atoms with Crippen LogP contribution in [0.15, 0.2) is 78.9 Å². The van der Waals surface area contributed by atoms with E-state index in [9.17, 15) is 4.79 Å². The lowest BCUT2D eigenvalue weighted by molar-refractivity contribution is 0.0472. The molecule has 0 amide bonds. The van der Waals surface area contributed by atoms with E-state index >= 15 is 0 Å². The summed E-state index contributed by atoms with van der Waals surface area (Å²) in [7, 11) is 0. The zero-order valence-corrected chi connectivity index (χ0v) is 13.2. The molecule has 3 heteroatoms. The number of hydrogen-bond acceptors (Lipinski definition) is 3. The van der Waals surface area contributed by atoms with E-state index in [4.69, 9.17) is 9.84 Å². The molecule has 3 rings (SSSR count). The van der Waals surface area contributed by atoms with E-state index in [1.807, 2.05) is 42.5 Å². The van der Waals surface area contributed by atoms with Crippen molar-refractivity contribution in [1.82, 2.24) is 0 Å². The van der Waals surface area contributed by atoms with Crippen LogP contribution < -0.4 is 0 Å². The Labute approximate surface area is 141 Å². The lowest BCUT2D eigenvalue weighted by atomic mass is 10.0. The molecule has 3 nitrogen and oxygen atoms in total. The number of benzene rings is 3. The summed E-state index contributed by atoms with van der Waals surface area (Å²) in [5.74, 6) is -0.391. The summed E-state index contributed by atoms with van der Waals surface area (Å²) in [4.78, 5) is 12.1. The monoisotopic (exact) mass is 318 g/mol. The minimum Gasteiger partial charge on any atom is -0.457 e. The van der Waals surface area contributed by atoms with Crippen LogP contribution in [0.25, 0.3) is 11.1 Å². The normalized spacial score (nSPS) is 10.4. The molecule has 0 aromatic heterocycles. The highest BCUT2D eigenvalue weighted by molar-refractivity contribution is 5.89. The van der Waals surface area contributed by atoms with E-state index in [2.05, 4.69) is 12.1 Å². The molecule has 0 heterocycles. The number of aliphatic hydroxyl groups excluding tert-OH is 1. The molecule has 1 N–H and O–H groups in total. The zero-order chi connectivity index (χ0) is 16.8. The maximum Gasteiger partial charge on any atom is 0.338 e.